The van der Waals surface area contributed by atoms with Gasteiger partial charge in [0, 0.05) is 13.0 Å². The van der Waals surface area contributed by atoms with Crippen LogP contribution in [-0.4, -0.2) is 48.0 Å². The van der Waals surface area contributed by atoms with Crippen LogP contribution in [0, 0.1) is 0 Å². The first-order valence-electron chi connectivity index (χ1n) is 6.13. The third-order valence-electron chi connectivity index (χ3n) is 2.82. The highest BCUT2D eigenvalue weighted by atomic mass is 16.7. The smallest absolute Gasteiger partial charge is 0.410 e. The summed E-state index contributed by atoms with van der Waals surface area (Å²) >= 11 is 0. The first kappa shape index (κ1) is 13.1. The minimum atomic E-state index is -0.952. The van der Waals surface area contributed by atoms with Crippen LogP contribution >= 0.6 is 0 Å². The molecular formula is C12H19NO5. The number of hydrogen-bond acceptors (Lipinski definition) is 5. The second-order valence-electron chi connectivity index (χ2n) is 5.64. The van der Waals surface area contributed by atoms with Gasteiger partial charge in [-0.15, -0.1) is 0 Å². The molecule has 6 heteroatoms. The van der Waals surface area contributed by atoms with Gasteiger partial charge in [-0.3, -0.25) is 9.69 Å². The average molecular weight is 257 g/mol. The van der Waals surface area contributed by atoms with Gasteiger partial charge < -0.3 is 14.2 Å². The Labute approximate surface area is 106 Å². The molecule has 0 unspecified atom stereocenters. The lowest BCUT2D eigenvalue weighted by Crippen LogP contribution is -2.54. The highest BCUT2D eigenvalue weighted by Gasteiger charge is 2.46. The first-order chi connectivity index (χ1) is 8.30. The Balaban J connectivity index is 1.99. The average Bonchev–Trinajstić information content (AvgIpc) is 2.57. The molecule has 1 atom stereocenters. The van der Waals surface area contributed by atoms with Crippen LogP contribution in [0.2, 0.25) is 0 Å². The highest BCUT2D eigenvalue weighted by Crippen LogP contribution is 2.31. The summed E-state index contributed by atoms with van der Waals surface area (Å²) in [4.78, 5) is 24.7. The van der Waals surface area contributed by atoms with E-state index in [1.54, 1.807) is 0 Å². The number of esters is 1. The molecule has 6 nitrogen and oxygen atoms in total. The molecule has 0 saturated carbocycles. The SMILES string of the molecule is CC(C)(C)OC(=O)N1CCO[C@@]2(CCC(=O)O2)C1. The summed E-state index contributed by atoms with van der Waals surface area (Å²) in [5.41, 5.74) is -0.533. The van der Waals surface area contributed by atoms with E-state index in [4.69, 9.17) is 14.2 Å². The molecule has 2 fully saturated rings. The minimum Gasteiger partial charge on any atom is -0.444 e. The minimum absolute atomic E-state index is 0.244. The van der Waals surface area contributed by atoms with Gasteiger partial charge in [0.25, 0.3) is 0 Å². The lowest BCUT2D eigenvalue weighted by atomic mass is 10.1. The third kappa shape index (κ3) is 2.93. The van der Waals surface area contributed by atoms with E-state index in [-0.39, 0.29) is 12.5 Å². The molecule has 2 aliphatic heterocycles. The predicted octanol–water partition coefficient (Wildman–Crippen LogP) is 1.29. The number of hydrogen-bond donors (Lipinski definition) is 0. The van der Waals surface area contributed by atoms with E-state index < -0.39 is 17.5 Å². The molecule has 1 spiro atoms. The van der Waals surface area contributed by atoms with Crippen molar-refractivity contribution < 1.29 is 23.8 Å². The van der Waals surface area contributed by atoms with Crippen LogP contribution in [0.3, 0.4) is 0 Å². The van der Waals surface area contributed by atoms with Crippen LogP contribution in [0.15, 0.2) is 0 Å². The Bertz CT molecular complexity index is 362. The second kappa shape index (κ2) is 4.42. The van der Waals surface area contributed by atoms with Crippen molar-refractivity contribution in [2.75, 3.05) is 19.7 Å². The van der Waals surface area contributed by atoms with Crippen molar-refractivity contribution in [2.45, 2.75) is 45.0 Å². The topological polar surface area (TPSA) is 65.1 Å². The maximum atomic E-state index is 11.9. The zero-order valence-corrected chi connectivity index (χ0v) is 11.0. The number of amides is 1. The molecule has 0 aromatic rings. The fourth-order valence-electron chi connectivity index (χ4n) is 2.05. The number of ether oxygens (including phenoxy) is 3. The number of rotatable bonds is 0. The molecule has 18 heavy (non-hydrogen) atoms. The molecule has 2 saturated heterocycles. The molecule has 2 heterocycles. The largest absolute Gasteiger partial charge is 0.444 e. The Morgan fingerprint density at radius 1 is 1.44 bits per heavy atom. The van der Waals surface area contributed by atoms with E-state index in [0.717, 1.165) is 0 Å². The molecule has 0 aliphatic carbocycles. The van der Waals surface area contributed by atoms with Gasteiger partial charge in [0.2, 0.25) is 5.79 Å². The molecule has 0 aromatic carbocycles. The third-order valence-corrected chi connectivity index (χ3v) is 2.82. The van der Waals surface area contributed by atoms with Crippen LogP contribution < -0.4 is 0 Å². The number of morpholine rings is 1. The molecular weight excluding hydrogens is 238 g/mol. The Morgan fingerprint density at radius 3 is 2.72 bits per heavy atom. The normalized spacial score (nSPS) is 28.4. The molecule has 102 valence electrons. The van der Waals surface area contributed by atoms with Gasteiger partial charge in [-0.1, -0.05) is 0 Å². The summed E-state index contributed by atoms with van der Waals surface area (Å²) in [7, 11) is 0. The van der Waals surface area contributed by atoms with Crippen LogP contribution in [0.5, 0.6) is 0 Å². The summed E-state index contributed by atoms with van der Waals surface area (Å²) < 4.78 is 16.0. The summed E-state index contributed by atoms with van der Waals surface area (Å²) in [6, 6.07) is 0. The summed E-state index contributed by atoms with van der Waals surface area (Å²) in [5.74, 6) is -1.23. The monoisotopic (exact) mass is 257 g/mol. The molecule has 2 rings (SSSR count). The maximum Gasteiger partial charge on any atom is 0.410 e. The van der Waals surface area contributed by atoms with Crippen LogP contribution in [0.4, 0.5) is 4.79 Å². The van der Waals surface area contributed by atoms with Gasteiger partial charge in [0.05, 0.1) is 19.6 Å². The van der Waals surface area contributed by atoms with Crippen molar-refractivity contribution in [3.05, 3.63) is 0 Å². The van der Waals surface area contributed by atoms with E-state index in [1.807, 2.05) is 20.8 Å². The van der Waals surface area contributed by atoms with E-state index in [0.29, 0.717) is 26.0 Å². The number of nitrogens with zero attached hydrogens (tertiary/aromatic N) is 1. The zero-order valence-electron chi connectivity index (χ0n) is 11.0. The van der Waals surface area contributed by atoms with E-state index in [9.17, 15) is 9.59 Å². The van der Waals surface area contributed by atoms with Crippen molar-refractivity contribution in [3.8, 4) is 0 Å². The molecule has 2 aliphatic rings. The quantitative estimate of drug-likeness (QED) is 0.612. The molecule has 0 N–H and O–H groups in total. The molecule has 0 aromatic heterocycles. The Kier molecular flexibility index (Phi) is 3.23. The van der Waals surface area contributed by atoms with Crippen molar-refractivity contribution in [3.63, 3.8) is 0 Å². The number of carbonyl (C=O) groups is 2. The van der Waals surface area contributed by atoms with Crippen molar-refractivity contribution in [1.82, 2.24) is 4.90 Å². The second-order valence-corrected chi connectivity index (χ2v) is 5.64. The lowest BCUT2D eigenvalue weighted by Gasteiger charge is -2.39. The maximum absolute atomic E-state index is 11.9. The summed E-state index contributed by atoms with van der Waals surface area (Å²) in [5, 5.41) is 0. The molecule has 0 radical (unpaired) electrons. The summed E-state index contributed by atoms with van der Waals surface area (Å²) in [6.07, 6.45) is 0.431. The number of carbonyl (C=O) groups excluding carboxylic acids is 2. The van der Waals surface area contributed by atoms with Gasteiger partial charge >= 0.3 is 12.1 Å². The zero-order chi connectivity index (χ0) is 13.4. The van der Waals surface area contributed by atoms with Gasteiger partial charge in [-0.2, -0.15) is 0 Å². The lowest BCUT2D eigenvalue weighted by molar-refractivity contribution is -0.235. The van der Waals surface area contributed by atoms with Crippen molar-refractivity contribution >= 4 is 12.1 Å². The van der Waals surface area contributed by atoms with Crippen molar-refractivity contribution in [2.24, 2.45) is 0 Å². The molecule has 1 amide bonds. The molecule has 0 bridgehead atoms. The van der Waals surface area contributed by atoms with Crippen LogP contribution in [0.1, 0.15) is 33.6 Å². The fraction of sp³-hybridized carbons (Fsp3) is 0.833. The van der Waals surface area contributed by atoms with Crippen LogP contribution in [0.25, 0.3) is 0 Å². The van der Waals surface area contributed by atoms with Gasteiger partial charge in [-0.05, 0) is 20.8 Å². The first-order valence-corrected chi connectivity index (χ1v) is 6.13. The Morgan fingerprint density at radius 2 is 2.17 bits per heavy atom. The standard InChI is InChI=1S/C12H19NO5/c1-11(2,3)18-10(15)13-6-7-16-12(8-13)5-4-9(14)17-12/h4-8H2,1-3H3/t12-/m1/s1. The Hall–Kier alpha value is -1.30. The van der Waals surface area contributed by atoms with Gasteiger partial charge in [0.1, 0.15) is 5.60 Å². The fourth-order valence-corrected chi connectivity index (χ4v) is 2.05. The predicted molar refractivity (Wildman–Crippen MR) is 61.8 cm³/mol. The van der Waals surface area contributed by atoms with E-state index in [2.05, 4.69) is 0 Å². The van der Waals surface area contributed by atoms with E-state index in [1.165, 1.54) is 4.90 Å². The van der Waals surface area contributed by atoms with Crippen molar-refractivity contribution in [1.29, 1.82) is 0 Å². The summed E-state index contributed by atoms with van der Waals surface area (Å²) in [6.45, 7) is 6.50. The highest BCUT2D eigenvalue weighted by molar-refractivity contribution is 5.72. The van der Waals surface area contributed by atoms with Crippen LogP contribution in [-0.2, 0) is 19.0 Å². The van der Waals surface area contributed by atoms with Gasteiger partial charge in [0.15, 0.2) is 0 Å². The van der Waals surface area contributed by atoms with Gasteiger partial charge in [-0.25, -0.2) is 4.79 Å². The van der Waals surface area contributed by atoms with E-state index >= 15 is 0 Å².